The van der Waals surface area contributed by atoms with Gasteiger partial charge < -0.3 is 19.1 Å². The summed E-state index contributed by atoms with van der Waals surface area (Å²) in [6.45, 7) is 7.30. The van der Waals surface area contributed by atoms with Crippen LogP contribution in [0.1, 0.15) is 50.8 Å². The molecule has 1 aliphatic rings. The van der Waals surface area contributed by atoms with Gasteiger partial charge in [-0.1, -0.05) is 60.7 Å². The quantitative estimate of drug-likeness (QED) is 0.372. The lowest BCUT2D eigenvalue weighted by Crippen LogP contribution is -2.43. The molecule has 1 aliphatic heterocycles. The Morgan fingerprint density at radius 3 is 2.24 bits per heavy atom. The van der Waals surface area contributed by atoms with E-state index in [1.807, 2.05) is 81.4 Å². The highest BCUT2D eigenvalue weighted by molar-refractivity contribution is 5.68. The van der Waals surface area contributed by atoms with E-state index in [1.54, 1.807) is 11.0 Å². The first-order chi connectivity index (χ1) is 16.4. The van der Waals surface area contributed by atoms with Crippen LogP contribution in [-0.4, -0.2) is 48.6 Å². The molecule has 1 saturated heterocycles. The number of piperidine rings is 1. The minimum atomic E-state index is -0.634. The Hall–Kier alpha value is -2.99. The second-order valence-corrected chi connectivity index (χ2v) is 9.45. The summed E-state index contributed by atoms with van der Waals surface area (Å²) in [7, 11) is 0. The van der Waals surface area contributed by atoms with Crippen molar-refractivity contribution in [1.82, 2.24) is 4.90 Å². The number of isocyanates is 1. The number of benzene rings is 2. The van der Waals surface area contributed by atoms with Crippen LogP contribution in [0, 0.1) is 5.92 Å². The summed E-state index contributed by atoms with van der Waals surface area (Å²) < 4.78 is 17.8. The molecule has 0 saturated carbocycles. The first-order valence-electron chi connectivity index (χ1n) is 11.7. The highest BCUT2D eigenvalue weighted by Gasteiger charge is 2.31. The number of amides is 1. The molecule has 2 atom stereocenters. The third-order valence-corrected chi connectivity index (χ3v) is 5.66. The highest BCUT2D eigenvalue weighted by Crippen LogP contribution is 2.27. The van der Waals surface area contributed by atoms with Gasteiger partial charge in [-0.2, -0.15) is 4.99 Å². The molecule has 1 amide bonds. The normalized spacial score (nSPS) is 16.4. The Labute approximate surface area is 201 Å². The molecular weight excluding hydrogens is 432 g/mol. The van der Waals surface area contributed by atoms with Crippen molar-refractivity contribution in [3.05, 3.63) is 71.8 Å². The number of aliphatic imine (C=N–C) groups is 1. The highest BCUT2D eigenvalue weighted by atomic mass is 16.6. The van der Waals surface area contributed by atoms with Gasteiger partial charge in [-0.05, 0) is 44.7 Å². The Morgan fingerprint density at radius 2 is 1.65 bits per heavy atom. The van der Waals surface area contributed by atoms with Crippen LogP contribution in [0.3, 0.4) is 0 Å². The van der Waals surface area contributed by atoms with E-state index in [-0.39, 0.29) is 24.7 Å². The number of ether oxygens (including phenoxy) is 3. The van der Waals surface area contributed by atoms with E-state index in [2.05, 4.69) is 4.99 Å². The van der Waals surface area contributed by atoms with Crippen molar-refractivity contribution in [2.45, 2.75) is 58.2 Å². The van der Waals surface area contributed by atoms with Crippen LogP contribution in [0.25, 0.3) is 0 Å². The van der Waals surface area contributed by atoms with E-state index < -0.39 is 11.8 Å². The number of likely N-dealkylation sites (tertiary alicyclic amines) is 1. The maximum Gasteiger partial charge on any atom is 0.410 e. The van der Waals surface area contributed by atoms with Crippen LogP contribution in [0.5, 0.6) is 0 Å². The summed E-state index contributed by atoms with van der Waals surface area (Å²) >= 11 is 0. The number of rotatable bonds is 9. The van der Waals surface area contributed by atoms with E-state index in [1.165, 1.54) is 0 Å². The molecule has 0 radical (unpaired) electrons. The van der Waals surface area contributed by atoms with Gasteiger partial charge in [0.2, 0.25) is 6.08 Å². The molecule has 0 aliphatic carbocycles. The number of carbonyl (C=O) groups excluding carboxylic acids is 2. The lowest BCUT2D eigenvalue weighted by atomic mass is 9.95. The summed E-state index contributed by atoms with van der Waals surface area (Å²) in [5, 5.41) is 0. The molecular formula is C27H34N2O5. The lowest BCUT2D eigenvalue weighted by molar-refractivity contribution is -0.0725. The summed E-state index contributed by atoms with van der Waals surface area (Å²) in [5.74, 6) is 0.00526. The monoisotopic (exact) mass is 466 g/mol. The standard InChI is InChI=1S/C27H34N2O5/c1-27(2,3)34-26(31)29-16-14-23(15-17-29)25(28-20-30)33-19-24(22-12-8-5-9-13-22)32-18-21-10-6-4-7-11-21/h4-13,23-25H,14-19H2,1-3H3/t24?,25-/m1/s1. The fraction of sp³-hybridized carbons (Fsp3) is 0.481. The molecule has 2 aromatic rings. The average Bonchev–Trinajstić information content (AvgIpc) is 2.83. The smallest absolute Gasteiger partial charge is 0.410 e. The topological polar surface area (TPSA) is 77.4 Å². The lowest BCUT2D eigenvalue weighted by Gasteiger charge is -2.35. The Kier molecular flexibility index (Phi) is 9.40. The minimum Gasteiger partial charge on any atom is -0.444 e. The fourth-order valence-electron chi connectivity index (χ4n) is 3.89. The molecule has 0 N–H and O–H groups in total. The van der Waals surface area contributed by atoms with Crippen molar-refractivity contribution in [1.29, 1.82) is 0 Å². The summed E-state index contributed by atoms with van der Waals surface area (Å²) in [5.41, 5.74) is 1.53. The van der Waals surface area contributed by atoms with E-state index >= 15 is 0 Å². The predicted molar refractivity (Wildman–Crippen MR) is 129 cm³/mol. The van der Waals surface area contributed by atoms with Crippen LogP contribution in [0.4, 0.5) is 4.79 Å². The summed E-state index contributed by atoms with van der Waals surface area (Å²) in [6, 6.07) is 19.8. The molecule has 0 bridgehead atoms. The van der Waals surface area contributed by atoms with Gasteiger partial charge in [0.05, 0.1) is 13.2 Å². The average molecular weight is 467 g/mol. The summed E-state index contributed by atoms with van der Waals surface area (Å²) in [6.07, 6.45) is 1.72. The fourth-order valence-corrected chi connectivity index (χ4v) is 3.89. The van der Waals surface area contributed by atoms with Crippen molar-refractivity contribution in [2.24, 2.45) is 10.9 Å². The second-order valence-electron chi connectivity index (χ2n) is 9.45. The number of hydrogen-bond acceptors (Lipinski definition) is 6. The molecule has 7 nitrogen and oxygen atoms in total. The first-order valence-corrected chi connectivity index (χ1v) is 11.7. The SMILES string of the molecule is CC(C)(C)OC(=O)N1CCC([C@H](N=C=O)OCC(OCc2ccccc2)c2ccccc2)CC1. The second kappa shape index (κ2) is 12.5. The molecule has 182 valence electrons. The zero-order valence-corrected chi connectivity index (χ0v) is 20.2. The van der Waals surface area contributed by atoms with Gasteiger partial charge in [0, 0.05) is 19.0 Å². The molecule has 3 rings (SSSR count). The van der Waals surface area contributed by atoms with Crippen LogP contribution in [0.2, 0.25) is 0 Å². The van der Waals surface area contributed by atoms with Crippen molar-refractivity contribution in [2.75, 3.05) is 19.7 Å². The van der Waals surface area contributed by atoms with Crippen molar-refractivity contribution < 1.29 is 23.8 Å². The van der Waals surface area contributed by atoms with Crippen LogP contribution >= 0.6 is 0 Å². The van der Waals surface area contributed by atoms with Gasteiger partial charge in [-0.15, -0.1) is 0 Å². The Balaban J connectivity index is 1.59. The van der Waals surface area contributed by atoms with Gasteiger partial charge in [-0.25, -0.2) is 9.59 Å². The third kappa shape index (κ3) is 8.10. The maximum absolute atomic E-state index is 12.3. The third-order valence-electron chi connectivity index (χ3n) is 5.66. The molecule has 2 aromatic carbocycles. The minimum absolute atomic E-state index is 0.00526. The molecule has 7 heteroatoms. The van der Waals surface area contributed by atoms with E-state index in [0.29, 0.717) is 32.5 Å². The number of hydrogen-bond donors (Lipinski definition) is 0. The zero-order valence-electron chi connectivity index (χ0n) is 20.2. The zero-order chi connectivity index (χ0) is 24.4. The van der Waals surface area contributed by atoms with E-state index in [0.717, 1.165) is 11.1 Å². The Bertz CT molecular complexity index is 930. The van der Waals surface area contributed by atoms with E-state index in [4.69, 9.17) is 14.2 Å². The number of carbonyl (C=O) groups is 1. The summed E-state index contributed by atoms with van der Waals surface area (Å²) in [4.78, 5) is 29.1. The number of nitrogens with zero attached hydrogens (tertiary/aromatic N) is 2. The van der Waals surface area contributed by atoms with Gasteiger partial charge in [0.15, 0.2) is 6.23 Å². The maximum atomic E-state index is 12.3. The van der Waals surface area contributed by atoms with E-state index in [9.17, 15) is 9.59 Å². The van der Waals surface area contributed by atoms with Gasteiger partial charge >= 0.3 is 6.09 Å². The molecule has 0 spiro atoms. The predicted octanol–water partition coefficient (Wildman–Crippen LogP) is 5.27. The van der Waals surface area contributed by atoms with Gasteiger partial charge in [0.25, 0.3) is 0 Å². The van der Waals surface area contributed by atoms with Gasteiger partial charge in [0.1, 0.15) is 11.7 Å². The molecule has 1 fully saturated rings. The molecule has 1 heterocycles. The van der Waals surface area contributed by atoms with Crippen LogP contribution in [-0.2, 0) is 25.6 Å². The first kappa shape index (κ1) is 25.6. The Morgan fingerprint density at radius 1 is 1.03 bits per heavy atom. The van der Waals surface area contributed by atoms with Crippen molar-refractivity contribution in [3.8, 4) is 0 Å². The van der Waals surface area contributed by atoms with Crippen LogP contribution < -0.4 is 0 Å². The van der Waals surface area contributed by atoms with Crippen LogP contribution in [0.15, 0.2) is 65.7 Å². The largest absolute Gasteiger partial charge is 0.444 e. The van der Waals surface area contributed by atoms with Crippen molar-refractivity contribution >= 4 is 12.2 Å². The molecule has 34 heavy (non-hydrogen) atoms. The molecule has 0 aromatic heterocycles. The van der Waals surface area contributed by atoms with Gasteiger partial charge in [-0.3, -0.25) is 0 Å². The molecule has 1 unspecified atom stereocenters. The van der Waals surface area contributed by atoms with Crippen molar-refractivity contribution in [3.63, 3.8) is 0 Å².